The van der Waals surface area contributed by atoms with Crippen molar-refractivity contribution in [1.82, 2.24) is 4.90 Å². The van der Waals surface area contributed by atoms with E-state index in [0.717, 1.165) is 5.57 Å². The van der Waals surface area contributed by atoms with Gasteiger partial charge >= 0.3 is 0 Å². The molecule has 0 fully saturated rings. The van der Waals surface area contributed by atoms with Gasteiger partial charge in [0.15, 0.2) is 0 Å². The smallest absolute Gasteiger partial charge is 0.121 e. The van der Waals surface area contributed by atoms with Crippen molar-refractivity contribution in [2.75, 3.05) is 14.1 Å². The number of nitrogens with zero attached hydrogens (tertiary/aromatic N) is 2. The molecule has 14 heavy (non-hydrogen) atoms. The van der Waals surface area contributed by atoms with E-state index in [1.54, 1.807) is 12.3 Å². The molecule has 0 unspecified atom stereocenters. The third-order valence-corrected chi connectivity index (χ3v) is 1.52. The number of aliphatic imine (C=N–C) groups is 1. The lowest BCUT2D eigenvalue weighted by Gasteiger charge is -2.01. The maximum Gasteiger partial charge on any atom is 0.121 e. The highest BCUT2D eigenvalue weighted by atomic mass is 15.0. The van der Waals surface area contributed by atoms with Crippen molar-refractivity contribution >= 4 is 6.72 Å². The van der Waals surface area contributed by atoms with Crippen molar-refractivity contribution < 1.29 is 0 Å². The van der Waals surface area contributed by atoms with Crippen LogP contribution in [0.25, 0.3) is 0 Å². The molecule has 0 aromatic heterocycles. The molecule has 0 radical (unpaired) electrons. The van der Waals surface area contributed by atoms with E-state index < -0.39 is 0 Å². The fourth-order valence-corrected chi connectivity index (χ4v) is 0.890. The topological polar surface area (TPSA) is 15.6 Å². The molecule has 0 aromatic carbocycles. The Balaban J connectivity index is 3.11. The van der Waals surface area contributed by atoms with Crippen LogP contribution in [-0.2, 0) is 0 Å². The summed E-state index contributed by atoms with van der Waals surface area (Å²) >= 11 is 0. The lowest BCUT2D eigenvalue weighted by Crippen LogP contribution is -1.99. The van der Waals surface area contributed by atoms with E-state index in [0.29, 0.717) is 5.70 Å². The molecule has 0 bridgehead atoms. The predicted octanol–water partition coefficient (Wildman–Crippen LogP) is 2.05. The first kappa shape index (κ1) is 10.1. The minimum atomic E-state index is 0.676. The van der Waals surface area contributed by atoms with E-state index in [-0.39, 0.29) is 0 Å². The Hall–Kier alpha value is -1.97. The second-order valence-corrected chi connectivity index (χ2v) is 2.95. The molecule has 0 aliphatic heterocycles. The molecule has 0 heterocycles. The minimum absolute atomic E-state index is 0.676. The normalized spacial score (nSPS) is 11.7. The van der Waals surface area contributed by atoms with Gasteiger partial charge in [-0.2, -0.15) is 0 Å². The first-order chi connectivity index (χ1) is 6.74. The Bertz CT molecular complexity index is 417. The maximum absolute atomic E-state index is 3.88. The summed E-state index contributed by atoms with van der Waals surface area (Å²) in [7, 11) is 3.85. The van der Waals surface area contributed by atoms with Gasteiger partial charge in [-0.1, -0.05) is 23.3 Å². The Kier molecular flexibility index (Phi) is 3.55. The second-order valence-electron chi connectivity index (χ2n) is 2.95. The Morgan fingerprint density at radius 3 is 2.93 bits per heavy atom. The summed E-state index contributed by atoms with van der Waals surface area (Å²) < 4.78 is 0. The molecule has 0 saturated heterocycles. The molecule has 2 heteroatoms. The fourth-order valence-electron chi connectivity index (χ4n) is 0.890. The van der Waals surface area contributed by atoms with E-state index in [1.165, 1.54) is 0 Å². The molecular weight excluding hydrogens is 172 g/mol. The van der Waals surface area contributed by atoms with Gasteiger partial charge in [0.1, 0.15) is 5.70 Å². The monoisotopic (exact) mass is 184 g/mol. The van der Waals surface area contributed by atoms with E-state index in [1.807, 2.05) is 31.1 Å². The number of hydrogen-bond acceptors (Lipinski definition) is 2. The summed E-state index contributed by atoms with van der Waals surface area (Å²) in [6.45, 7) is 3.49. The van der Waals surface area contributed by atoms with Crippen LogP contribution in [0.15, 0.2) is 57.9 Å². The standard InChI is InChI=1S/C12H12N2/c1-13-12(9-10-14(2)3)11-7-5-4-6-8-11/h4-5,7,10H,1H2,2-3H3. The molecule has 1 aliphatic rings. The van der Waals surface area contributed by atoms with Gasteiger partial charge in [0.2, 0.25) is 0 Å². The summed E-state index contributed by atoms with van der Waals surface area (Å²) in [6, 6.07) is 0. The first-order valence-corrected chi connectivity index (χ1v) is 4.23. The van der Waals surface area contributed by atoms with Gasteiger partial charge in [0.05, 0.1) is 5.57 Å². The van der Waals surface area contributed by atoms with Crippen molar-refractivity contribution in [1.29, 1.82) is 0 Å². The zero-order valence-electron chi connectivity index (χ0n) is 8.41. The van der Waals surface area contributed by atoms with Crippen molar-refractivity contribution in [3.63, 3.8) is 0 Å². The lowest BCUT2D eigenvalue weighted by atomic mass is 10.1. The summed E-state index contributed by atoms with van der Waals surface area (Å²) in [5.74, 6) is 0. The average molecular weight is 184 g/mol. The fraction of sp³-hybridized carbons (Fsp3) is 0.167. The summed E-state index contributed by atoms with van der Waals surface area (Å²) in [5.41, 5.74) is 10.4. The molecule has 0 saturated carbocycles. The quantitative estimate of drug-likeness (QED) is 0.484. The first-order valence-electron chi connectivity index (χ1n) is 4.23. The lowest BCUT2D eigenvalue weighted by molar-refractivity contribution is 0.564. The van der Waals surface area contributed by atoms with Crippen LogP contribution < -0.4 is 0 Å². The predicted molar refractivity (Wildman–Crippen MR) is 59.1 cm³/mol. The Morgan fingerprint density at radius 1 is 1.64 bits per heavy atom. The van der Waals surface area contributed by atoms with Gasteiger partial charge in [-0.05, 0) is 18.9 Å². The van der Waals surface area contributed by atoms with Crippen LogP contribution in [0.5, 0.6) is 0 Å². The van der Waals surface area contributed by atoms with Crippen molar-refractivity contribution in [3.05, 3.63) is 52.9 Å². The van der Waals surface area contributed by atoms with Crippen LogP contribution in [0.4, 0.5) is 0 Å². The van der Waals surface area contributed by atoms with Crippen LogP contribution in [0, 0.1) is 0 Å². The van der Waals surface area contributed by atoms with Crippen LogP contribution in [0.1, 0.15) is 0 Å². The number of hydrogen-bond donors (Lipinski definition) is 0. The second kappa shape index (κ2) is 4.91. The third-order valence-electron chi connectivity index (χ3n) is 1.52. The SMILES string of the molecule is C=NC(=C=CN(C)C)C1=C=C=CC=C1. The van der Waals surface area contributed by atoms with Gasteiger partial charge in [0.25, 0.3) is 0 Å². The molecule has 0 aromatic rings. The van der Waals surface area contributed by atoms with E-state index in [9.17, 15) is 0 Å². The molecule has 1 rings (SSSR count). The van der Waals surface area contributed by atoms with Crippen LogP contribution in [0.2, 0.25) is 0 Å². The van der Waals surface area contributed by atoms with Crippen molar-refractivity contribution in [2.45, 2.75) is 0 Å². The molecule has 70 valence electrons. The molecule has 0 amide bonds. The summed E-state index contributed by atoms with van der Waals surface area (Å²) in [5, 5.41) is 0. The van der Waals surface area contributed by atoms with Crippen molar-refractivity contribution in [3.8, 4) is 0 Å². The van der Waals surface area contributed by atoms with Gasteiger partial charge in [0, 0.05) is 20.3 Å². The van der Waals surface area contributed by atoms with E-state index in [4.69, 9.17) is 0 Å². The van der Waals surface area contributed by atoms with Gasteiger partial charge in [-0.15, -0.1) is 0 Å². The summed E-state index contributed by atoms with van der Waals surface area (Å²) in [6.07, 6.45) is 7.37. The minimum Gasteiger partial charge on any atom is -0.377 e. The van der Waals surface area contributed by atoms with Crippen molar-refractivity contribution in [2.24, 2.45) is 4.99 Å². The highest BCUT2D eigenvalue weighted by molar-refractivity contribution is 5.45. The van der Waals surface area contributed by atoms with E-state index >= 15 is 0 Å². The Labute approximate surface area is 84.3 Å². The van der Waals surface area contributed by atoms with Crippen LogP contribution in [0.3, 0.4) is 0 Å². The number of rotatable bonds is 3. The van der Waals surface area contributed by atoms with Crippen LogP contribution in [-0.4, -0.2) is 25.7 Å². The molecule has 2 nitrogen and oxygen atoms in total. The highest BCUT2D eigenvalue weighted by Gasteiger charge is 1.97. The maximum atomic E-state index is 3.88. The molecule has 1 aliphatic carbocycles. The highest BCUT2D eigenvalue weighted by Crippen LogP contribution is 2.11. The zero-order valence-corrected chi connectivity index (χ0v) is 8.41. The van der Waals surface area contributed by atoms with E-state index in [2.05, 4.69) is 28.9 Å². The zero-order chi connectivity index (χ0) is 10.4. The molecule has 0 spiro atoms. The Morgan fingerprint density at radius 2 is 2.43 bits per heavy atom. The summed E-state index contributed by atoms with van der Waals surface area (Å²) in [4.78, 5) is 5.76. The molecular formula is C12H12N2. The average Bonchev–Trinajstić information content (AvgIpc) is 2.20. The van der Waals surface area contributed by atoms with Gasteiger partial charge in [-0.25, -0.2) is 0 Å². The third kappa shape index (κ3) is 2.82. The van der Waals surface area contributed by atoms with Gasteiger partial charge in [-0.3, -0.25) is 4.99 Å². The largest absolute Gasteiger partial charge is 0.377 e. The van der Waals surface area contributed by atoms with Gasteiger partial charge < -0.3 is 4.90 Å². The van der Waals surface area contributed by atoms with Crippen LogP contribution >= 0.6 is 0 Å². The number of allylic oxidation sites excluding steroid dienone is 3. The molecule has 0 atom stereocenters. The molecule has 0 N–H and O–H groups in total.